The van der Waals surface area contributed by atoms with Crippen molar-refractivity contribution in [2.45, 2.75) is 18.8 Å². The molecule has 2 heterocycles. The Balaban J connectivity index is 2.01. The van der Waals surface area contributed by atoms with Crippen LogP contribution in [0.5, 0.6) is 0 Å². The van der Waals surface area contributed by atoms with Crippen LogP contribution in [0.2, 0.25) is 5.02 Å². The predicted octanol–water partition coefficient (Wildman–Crippen LogP) is 3.84. The van der Waals surface area contributed by atoms with Crippen molar-refractivity contribution < 1.29 is 23.2 Å². The van der Waals surface area contributed by atoms with Gasteiger partial charge in [0.25, 0.3) is 0 Å². The zero-order valence-corrected chi connectivity index (χ0v) is 18.4. The number of fused-ring (bicyclic) bond motifs is 1. The third kappa shape index (κ3) is 4.31. The summed E-state index contributed by atoms with van der Waals surface area (Å²) in [6, 6.07) is 11.9. The molecule has 1 aliphatic heterocycles. The van der Waals surface area contributed by atoms with Crippen LogP contribution in [0.4, 0.5) is 5.69 Å². The van der Waals surface area contributed by atoms with Gasteiger partial charge in [0, 0.05) is 22.2 Å². The maximum Gasteiger partial charge on any atom is 0.340 e. The summed E-state index contributed by atoms with van der Waals surface area (Å²) >= 11 is 6.24. The Kier molecular flexibility index (Phi) is 5.77. The van der Waals surface area contributed by atoms with Crippen LogP contribution >= 0.6 is 11.6 Å². The van der Waals surface area contributed by atoms with Crippen LogP contribution in [0.25, 0.3) is 10.9 Å². The topological polar surface area (TPSA) is 98.0 Å². The van der Waals surface area contributed by atoms with Crippen LogP contribution in [-0.2, 0) is 14.6 Å². The zero-order valence-electron chi connectivity index (χ0n) is 16.8. The minimum atomic E-state index is -3.06. The van der Waals surface area contributed by atoms with Crippen LogP contribution in [0.15, 0.2) is 53.7 Å². The molecule has 0 atom stereocenters. The van der Waals surface area contributed by atoms with Crippen LogP contribution in [-0.4, -0.2) is 42.9 Å². The number of aromatic nitrogens is 1. The van der Waals surface area contributed by atoms with Gasteiger partial charge in [0.2, 0.25) is 0 Å². The predicted molar refractivity (Wildman–Crippen MR) is 118 cm³/mol. The molecule has 0 aliphatic carbocycles. The van der Waals surface area contributed by atoms with Gasteiger partial charge in [-0.25, -0.2) is 18.2 Å². The average molecular weight is 461 g/mol. The van der Waals surface area contributed by atoms with E-state index >= 15 is 0 Å². The molecule has 3 aromatic rings. The number of methoxy groups -OCH3 is 1. The van der Waals surface area contributed by atoms with Gasteiger partial charge in [0.05, 0.1) is 40.7 Å². The number of pyridine rings is 1. The molecular weight excluding hydrogens is 440 g/mol. The number of rotatable bonds is 3. The SMILES string of the molecule is COC(=O)c1ccccc1N=c1c(C2CCS(=O)(=O)CC2)cn(O)c2ccc(Cl)cc12. The van der Waals surface area contributed by atoms with Crippen LogP contribution < -0.4 is 5.36 Å². The molecule has 0 saturated carbocycles. The Labute approximate surface area is 184 Å². The number of carbonyl (C=O) groups excluding carboxylic acids is 1. The van der Waals surface area contributed by atoms with Crippen molar-refractivity contribution in [2.75, 3.05) is 18.6 Å². The smallest absolute Gasteiger partial charge is 0.340 e. The highest BCUT2D eigenvalue weighted by Gasteiger charge is 2.27. The molecule has 7 nitrogen and oxygen atoms in total. The van der Waals surface area contributed by atoms with E-state index in [9.17, 15) is 18.4 Å². The van der Waals surface area contributed by atoms with Crippen molar-refractivity contribution in [3.63, 3.8) is 0 Å². The largest absolute Gasteiger partial charge is 0.465 e. The van der Waals surface area contributed by atoms with Crippen LogP contribution in [0.1, 0.15) is 34.7 Å². The maximum absolute atomic E-state index is 12.2. The monoisotopic (exact) mass is 460 g/mol. The van der Waals surface area contributed by atoms with Crippen molar-refractivity contribution in [1.29, 1.82) is 0 Å². The standard InChI is InChI=1S/C22H21ClN2O5S/c1-30-22(26)16-4-2-3-5-19(16)24-21-17-12-15(23)6-7-20(17)25(27)13-18(21)14-8-10-31(28,29)11-9-14/h2-7,12-14,27H,8-11H2,1H3. The normalized spacial score (nSPS) is 17.0. The molecule has 1 saturated heterocycles. The van der Waals surface area contributed by atoms with Gasteiger partial charge < -0.3 is 9.94 Å². The van der Waals surface area contributed by atoms with Gasteiger partial charge in [0.15, 0.2) is 0 Å². The van der Waals surface area contributed by atoms with Gasteiger partial charge in [-0.3, -0.25) is 0 Å². The molecule has 0 unspecified atom stereocenters. The number of esters is 1. The fourth-order valence-electron chi connectivity index (χ4n) is 3.91. The minimum absolute atomic E-state index is 0.0782. The van der Waals surface area contributed by atoms with Crippen LogP contribution in [0.3, 0.4) is 0 Å². The number of nitrogens with zero attached hydrogens (tertiary/aromatic N) is 2. The molecule has 4 rings (SSSR count). The van der Waals surface area contributed by atoms with Gasteiger partial charge >= 0.3 is 5.97 Å². The number of para-hydroxylation sites is 1. The molecule has 1 aromatic heterocycles. The minimum Gasteiger partial charge on any atom is -0.465 e. The first kappa shape index (κ1) is 21.4. The molecule has 0 spiro atoms. The van der Waals surface area contributed by atoms with E-state index in [0.717, 1.165) is 4.73 Å². The van der Waals surface area contributed by atoms with E-state index in [1.807, 2.05) is 0 Å². The highest BCUT2D eigenvalue weighted by molar-refractivity contribution is 7.91. The number of sulfone groups is 1. The number of benzene rings is 2. The van der Waals surface area contributed by atoms with Gasteiger partial charge in [-0.05, 0) is 49.1 Å². The number of halogens is 1. The lowest BCUT2D eigenvalue weighted by Gasteiger charge is -2.23. The summed E-state index contributed by atoms with van der Waals surface area (Å²) in [4.78, 5) is 17.0. The Morgan fingerprint density at radius 2 is 1.90 bits per heavy atom. The fraction of sp³-hybridized carbons (Fsp3) is 0.273. The fourth-order valence-corrected chi connectivity index (χ4v) is 5.58. The molecule has 1 N–H and O–H groups in total. The molecule has 31 heavy (non-hydrogen) atoms. The molecule has 0 radical (unpaired) electrons. The first-order valence-corrected chi connectivity index (χ1v) is 12.0. The first-order chi connectivity index (χ1) is 14.8. The number of ether oxygens (including phenoxy) is 1. The van der Waals surface area contributed by atoms with E-state index < -0.39 is 15.8 Å². The lowest BCUT2D eigenvalue weighted by molar-refractivity contribution is 0.0601. The number of hydrogen-bond acceptors (Lipinski definition) is 6. The maximum atomic E-state index is 12.2. The van der Waals surface area contributed by atoms with Gasteiger partial charge in [-0.2, -0.15) is 4.73 Å². The van der Waals surface area contributed by atoms with Gasteiger partial charge in [-0.1, -0.05) is 23.7 Å². The summed E-state index contributed by atoms with van der Waals surface area (Å²) in [6.07, 6.45) is 2.42. The number of hydrogen-bond donors (Lipinski definition) is 1. The van der Waals surface area contributed by atoms with Gasteiger partial charge in [0.1, 0.15) is 9.84 Å². The second-order valence-corrected chi connectivity index (χ2v) is 10.2. The summed E-state index contributed by atoms with van der Waals surface area (Å²) in [6.45, 7) is 0. The summed E-state index contributed by atoms with van der Waals surface area (Å²) in [5.41, 5.74) is 1.91. The molecule has 1 fully saturated rings. The third-order valence-electron chi connectivity index (χ3n) is 5.53. The second kappa shape index (κ2) is 8.36. The first-order valence-electron chi connectivity index (χ1n) is 9.75. The summed E-state index contributed by atoms with van der Waals surface area (Å²) in [5.74, 6) is -0.474. The Morgan fingerprint density at radius 1 is 1.19 bits per heavy atom. The summed E-state index contributed by atoms with van der Waals surface area (Å²) in [5, 5.41) is 12.2. The lowest BCUT2D eigenvalue weighted by Crippen LogP contribution is -2.27. The van der Waals surface area contributed by atoms with Crippen molar-refractivity contribution in [3.05, 3.63) is 70.2 Å². The Bertz CT molecular complexity index is 1330. The van der Waals surface area contributed by atoms with E-state index in [4.69, 9.17) is 21.3 Å². The van der Waals surface area contributed by atoms with E-state index in [-0.39, 0.29) is 17.4 Å². The van der Waals surface area contributed by atoms with E-state index in [1.54, 1.807) is 48.7 Å². The molecule has 9 heteroatoms. The van der Waals surface area contributed by atoms with Crippen molar-refractivity contribution in [3.8, 4) is 0 Å². The molecule has 0 amide bonds. The Morgan fingerprint density at radius 3 is 2.61 bits per heavy atom. The van der Waals surface area contributed by atoms with Gasteiger partial charge in [-0.15, -0.1) is 0 Å². The third-order valence-corrected chi connectivity index (χ3v) is 7.48. The molecule has 162 valence electrons. The van der Waals surface area contributed by atoms with Crippen LogP contribution in [0, 0.1) is 0 Å². The highest BCUT2D eigenvalue weighted by Crippen LogP contribution is 2.30. The number of carbonyl (C=O) groups is 1. The lowest BCUT2D eigenvalue weighted by atomic mass is 9.93. The Hall–Kier alpha value is -2.84. The molecule has 2 aromatic carbocycles. The molecule has 0 bridgehead atoms. The summed E-state index contributed by atoms with van der Waals surface area (Å²) < 4.78 is 29.8. The summed E-state index contributed by atoms with van der Waals surface area (Å²) in [7, 11) is -1.75. The second-order valence-electron chi connectivity index (χ2n) is 7.49. The molecular formula is C22H21ClN2O5S. The quantitative estimate of drug-likeness (QED) is 0.473. The van der Waals surface area contributed by atoms with Crippen molar-refractivity contribution >= 4 is 44.0 Å². The van der Waals surface area contributed by atoms with Crippen molar-refractivity contribution in [2.24, 2.45) is 4.99 Å². The average Bonchev–Trinajstić information content (AvgIpc) is 2.75. The van der Waals surface area contributed by atoms with Crippen molar-refractivity contribution in [1.82, 2.24) is 4.73 Å². The zero-order chi connectivity index (χ0) is 22.2. The molecule has 1 aliphatic rings. The highest BCUT2D eigenvalue weighted by atomic mass is 35.5. The van der Waals surface area contributed by atoms with E-state index in [2.05, 4.69) is 0 Å². The van der Waals surface area contributed by atoms with E-state index in [0.29, 0.717) is 50.9 Å². The van der Waals surface area contributed by atoms with E-state index in [1.165, 1.54) is 7.11 Å².